The van der Waals surface area contributed by atoms with Gasteiger partial charge in [-0.05, 0) is 38.0 Å². The van der Waals surface area contributed by atoms with Crippen molar-refractivity contribution in [2.45, 2.75) is 25.8 Å². The van der Waals surface area contributed by atoms with Crippen molar-refractivity contribution < 1.29 is 14.0 Å². The van der Waals surface area contributed by atoms with Crippen LogP contribution in [0.15, 0.2) is 47.1 Å². The van der Waals surface area contributed by atoms with Crippen LogP contribution in [-0.2, 0) is 0 Å². The highest BCUT2D eigenvalue weighted by atomic mass is 16.3. The van der Waals surface area contributed by atoms with Crippen LogP contribution in [0, 0.1) is 6.92 Å². The van der Waals surface area contributed by atoms with Gasteiger partial charge in [0.1, 0.15) is 0 Å². The first-order chi connectivity index (χ1) is 12.6. The fourth-order valence-corrected chi connectivity index (χ4v) is 3.61. The maximum absolute atomic E-state index is 12.8. The number of furan rings is 1. The number of carbonyl (C=O) groups is 2. The number of aromatic amines is 1. The van der Waals surface area contributed by atoms with Gasteiger partial charge in [0.15, 0.2) is 5.76 Å². The largest absolute Gasteiger partial charge is 0.459 e. The van der Waals surface area contributed by atoms with Gasteiger partial charge in [0.05, 0.1) is 11.8 Å². The minimum Gasteiger partial charge on any atom is -0.459 e. The summed E-state index contributed by atoms with van der Waals surface area (Å²) in [6.45, 7) is 3.13. The van der Waals surface area contributed by atoms with Gasteiger partial charge in [-0.3, -0.25) is 9.59 Å². The lowest BCUT2D eigenvalue weighted by molar-refractivity contribution is 0.0667. The molecule has 1 fully saturated rings. The number of aromatic nitrogens is 1. The number of piperidine rings is 1. The molecule has 3 aromatic rings. The Balaban J connectivity index is 1.40. The number of hydrogen-bond acceptors (Lipinski definition) is 3. The molecule has 0 saturated carbocycles. The second kappa shape index (κ2) is 6.71. The molecular weight excluding hydrogens is 330 g/mol. The molecule has 0 bridgehead atoms. The van der Waals surface area contributed by atoms with E-state index in [0.717, 1.165) is 29.4 Å². The maximum atomic E-state index is 12.8. The van der Waals surface area contributed by atoms with Crippen molar-refractivity contribution in [3.8, 4) is 0 Å². The Morgan fingerprint density at radius 1 is 1.15 bits per heavy atom. The Hall–Kier alpha value is -3.02. The summed E-state index contributed by atoms with van der Waals surface area (Å²) in [6.07, 6.45) is 2.98. The quantitative estimate of drug-likeness (QED) is 0.761. The Morgan fingerprint density at radius 2 is 1.92 bits per heavy atom. The highest BCUT2D eigenvalue weighted by Crippen LogP contribution is 2.22. The molecule has 26 heavy (non-hydrogen) atoms. The number of rotatable bonds is 3. The highest BCUT2D eigenvalue weighted by molar-refractivity contribution is 6.08. The molecule has 0 radical (unpaired) electrons. The predicted octanol–water partition coefficient (Wildman–Crippen LogP) is 3.10. The summed E-state index contributed by atoms with van der Waals surface area (Å²) >= 11 is 0. The van der Waals surface area contributed by atoms with Crippen LogP contribution in [0.4, 0.5) is 0 Å². The number of benzene rings is 1. The minimum absolute atomic E-state index is 0.0595. The summed E-state index contributed by atoms with van der Waals surface area (Å²) in [5, 5.41) is 4.07. The predicted molar refractivity (Wildman–Crippen MR) is 98.1 cm³/mol. The van der Waals surface area contributed by atoms with E-state index in [1.165, 1.54) is 6.26 Å². The first kappa shape index (κ1) is 16.4. The van der Waals surface area contributed by atoms with Crippen molar-refractivity contribution in [2.75, 3.05) is 13.1 Å². The number of H-pyrrole nitrogens is 1. The second-order valence-corrected chi connectivity index (χ2v) is 6.69. The number of nitrogens with zero attached hydrogens (tertiary/aromatic N) is 1. The monoisotopic (exact) mass is 351 g/mol. The van der Waals surface area contributed by atoms with Crippen LogP contribution >= 0.6 is 0 Å². The minimum atomic E-state index is -0.0905. The fourth-order valence-electron chi connectivity index (χ4n) is 3.61. The molecule has 0 aliphatic carbocycles. The molecule has 1 aliphatic rings. The topological polar surface area (TPSA) is 78.3 Å². The Labute approximate surface area is 151 Å². The van der Waals surface area contributed by atoms with E-state index in [9.17, 15) is 9.59 Å². The molecule has 1 aliphatic heterocycles. The molecule has 134 valence electrons. The first-order valence-corrected chi connectivity index (χ1v) is 8.84. The molecule has 4 rings (SSSR count). The van der Waals surface area contributed by atoms with E-state index in [2.05, 4.69) is 10.3 Å². The molecule has 2 amide bonds. The third-order valence-corrected chi connectivity index (χ3v) is 4.97. The lowest BCUT2D eigenvalue weighted by Crippen LogP contribution is -2.46. The van der Waals surface area contributed by atoms with Gasteiger partial charge < -0.3 is 19.6 Å². The van der Waals surface area contributed by atoms with Crippen molar-refractivity contribution in [1.29, 1.82) is 0 Å². The van der Waals surface area contributed by atoms with Gasteiger partial charge in [0.2, 0.25) is 0 Å². The molecular formula is C20H21N3O3. The summed E-state index contributed by atoms with van der Waals surface area (Å²) in [5.41, 5.74) is 2.54. The van der Waals surface area contributed by atoms with Gasteiger partial charge in [0.25, 0.3) is 11.8 Å². The molecule has 0 atom stereocenters. The number of carbonyl (C=O) groups excluding carboxylic acids is 2. The van der Waals surface area contributed by atoms with Crippen LogP contribution < -0.4 is 5.32 Å². The van der Waals surface area contributed by atoms with E-state index < -0.39 is 0 Å². The zero-order valence-electron chi connectivity index (χ0n) is 14.6. The summed E-state index contributed by atoms with van der Waals surface area (Å²) < 4.78 is 5.18. The van der Waals surface area contributed by atoms with Gasteiger partial charge in [-0.2, -0.15) is 0 Å². The first-order valence-electron chi connectivity index (χ1n) is 8.84. The third-order valence-electron chi connectivity index (χ3n) is 4.97. The Kier molecular flexibility index (Phi) is 4.24. The third kappa shape index (κ3) is 2.98. The van der Waals surface area contributed by atoms with Gasteiger partial charge in [-0.25, -0.2) is 0 Å². The SMILES string of the molecule is Cc1[nH]c2ccccc2c1C(=O)NC1CCN(C(=O)c2ccco2)CC1. The highest BCUT2D eigenvalue weighted by Gasteiger charge is 2.27. The van der Waals surface area contributed by atoms with Gasteiger partial charge >= 0.3 is 0 Å². The number of nitrogens with one attached hydrogen (secondary N) is 2. The summed E-state index contributed by atoms with van der Waals surface area (Å²) in [6, 6.07) is 11.3. The van der Waals surface area contributed by atoms with Crippen molar-refractivity contribution in [3.05, 3.63) is 59.7 Å². The van der Waals surface area contributed by atoms with Crippen LogP contribution in [-0.4, -0.2) is 40.8 Å². The van der Waals surface area contributed by atoms with E-state index in [0.29, 0.717) is 24.4 Å². The van der Waals surface area contributed by atoms with Crippen LogP contribution in [0.25, 0.3) is 10.9 Å². The van der Waals surface area contributed by atoms with E-state index in [-0.39, 0.29) is 17.9 Å². The fraction of sp³-hybridized carbons (Fsp3) is 0.300. The normalized spacial score (nSPS) is 15.3. The lowest BCUT2D eigenvalue weighted by Gasteiger charge is -2.31. The number of likely N-dealkylation sites (tertiary alicyclic amines) is 1. The lowest BCUT2D eigenvalue weighted by atomic mass is 10.0. The van der Waals surface area contributed by atoms with Crippen molar-refractivity contribution in [2.24, 2.45) is 0 Å². The number of para-hydroxylation sites is 1. The summed E-state index contributed by atoms with van der Waals surface area (Å²) in [4.78, 5) is 30.1. The summed E-state index contributed by atoms with van der Waals surface area (Å²) in [7, 11) is 0. The smallest absolute Gasteiger partial charge is 0.289 e. The molecule has 0 unspecified atom stereocenters. The van der Waals surface area contributed by atoms with Crippen molar-refractivity contribution >= 4 is 22.7 Å². The van der Waals surface area contributed by atoms with E-state index in [1.54, 1.807) is 17.0 Å². The molecule has 2 aromatic heterocycles. The van der Waals surface area contributed by atoms with Crippen LogP contribution in [0.2, 0.25) is 0 Å². The van der Waals surface area contributed by atoms with E-state index >= 15 is 0 Å². The average molecular weight is 351 g/mol. The zero-order valence-corrected chi connectivity index (χ0v) is 14.6. The number of aryl methyl sites for hydroxylation is 1. The Bertz CT molecular complexity index is 935. The molecule has 6 nitrogen and oxygen atoms in total. The number of hydrogen-bond donors (Lipinski definition) is 2. The standard InChI is InChI=1S/C20H21N3O3/c1-13-18(15-5-2-3-6-16(15)21-13)19(24)22-14-8-10-23(11-9-14)20(25)17-7-4-12-26-17/h2-7,12,14,21H,8-11H2,1H3,(H,22,24). The maximum Gasteiger partial charge on any atom is 0.289 e. The number of amides is 2. The van der Waals surface area contributed by atoms with Crippen LogP contribution in [0.5, 0.6) is 0 Å². The van der Waals surface area contributed by atoms with Gasteiger partial charge in [0, 0.05) is 35.7 Å². The van der Waals surface area contributed by atoms with E-state index in [1.807, 2.05) is 31.2 Å². The van der Waals surface area contributed by atoms with Gasteiger partial charge in [-0.15, -0.1) is 0 Å². The number of fused-ring (bicyclic) bond motifs is 1. The van der Waals surface area contributed by atoms with E-state index in [4.69, 9.17) is 4.42 Å². The molecule has 6 heteroatoms. The van der Waals surface area contributed by atoms with Crippen LogP contribution in [0.1, 0.15) is 39.4 Å². The molecule has 1 aromatic carbocycles. The molecule has 2 N–H and O–H groups in total. The van der Waals surface area contributed by atoms with Gasteiger partial charge in [-0.1, -0.05) is 18.2 Å². The van der Waals surface area contributed by atoms with Crippen molar-refractivity contribution in [3.63, 3.8) is 0 Å². The van der Waals surface area contributed by atoms with Crippen molar-refractivity contribution in [1.82, 2.24) is 15.2 Å². The summed E-state index contributed by atoms with van der Waals surface area (Å²) in [5.74, 6) is 0.213. The molecule has 1 saturated heterocycles. The molecule has 0 spiro atoms. The molecule has 3 heterocycles. The zero-order chi connectivity index (χ0) is 18.1. The average Bonchev–Trinajstić information content (AvgIpc) is 3.28. The Morgan fingerprint density at radius 3 is 2.65 bits per heavy atom. The van der Waals surface area contributed by atoms with Crippen LogP contribution in [0.3, 0.4) is 0 Å². The second-order valence-electron chi connectivity index (χ2n) is 6.69.